The molecule has 0 bridgehead atoms. The second-order valence-electron chi connectivity index (χ2n) is 4.05. The van der Waals surface area contributed by atoms with Crippen LogP contribution in [0.1, 0.15) is 30.3 Å². The summed E-state index contributed by atoms with van der Waals surface area (Å²) in [6.45, 7) is 1.92. The predicted molar refractivity (Wildman–Crippen MR) is 63.2 cm³/mol. The normalized spacial score (nSPS) is 19.6. The third-order valence-electron chi connectivity index (χ3n) is 2.95. The van der Waals surface area contributed by atoms with Crippen LogP contribution in [0.3, 0.4) is 0 Å². The second-order valence-corrected chi connectivity index (χ2v) is 4.83. The van der Waals surface area contributed by atoms with Crippen molar-refractivity contribution in [3.05, 3.63) is 34.5 Å². The minimum absolute atomic E-state index is 0.358. The fourth-order valence-corrected chi connectivity index (χ4v) is 2.79. The number of hydrogen-bond acceptors (Lipinski definition) is 4. The first-order valence-corrected chi connectivity index (χ1v) is 6.50. The lowest BCUT2D eigenvalue weighted by Gasteiger charge is -2.23. The number of nitrogens with one attached hydrogen (secondary N) is 1. The van der Waals surface area contributed by atoms with Gasteiger partial charge in [-0.15, -0.1) is 0 Å². The smallest absolute Gasteiger partial charge is 0.143 e. The summed E-state index contributed by atoms with van der Waals surface area (Å²) in [4.78, 5) is 4.33. The molecule has 0 radical (unpaired) electrons. The van der Waals surface area contributed by atoms with E-state index in [1.54, 1.807) is 17.7 Å². The Morgan fingerprint density at radius 1 is 1.56 bits per heavy atom. The maximum atomic E-state index is 4.33. The minimum atomic E-state index is 0.358. The Labute approximate surface area is 98.3 Å². The van der Waals surface area contributed by atoms with Gasteiger partial charge in [0.15, 0.2) is 0 Å². The molecule has 0 fully saturated rings. The molecule has 4 nitrogen and oxygen atoms in total. The zero-order valence-corrected chi connectivity index (χ0v) is 9.78. The number of nitrogens with zero attached hydrogens (tertiary/aromatic N) is 3. The Morgan fingerprint density at radius 3 is 3.44 bits per heavy atom. The van der Waals surface area contributed by atoms with Gasteiger partial charge in [-0.3, -0.25) is 0 Å². The molecule has 1 aliphatic rings. The first kappa shape index (κ1) is 9.99. The van der Waals surface area contributed by atoms with Crippen LogP contribution in [0.2, 0.25) is 0 Å². The lowest BCUT2D eigenvalue weighted by molar-refractivity contribution is 0.366. The highest BCUT2D eigenvalue weighted by Crippen LogP contribution is 2.22. The minimum Gasteiger partial charge on any atom is -0.303 e. The highest BCUT2D eigenvalue weighted by Gasteiger charge is 2.21. The van der Waals surface area contributed by atoms with Gasteiger partial charge in [0, 0.05) is 13.1 Å². The molecule has 0 saturated heterocycles. The van der Waals surface area contributed by atoms with E-state index in [1.807, 2.05) is 4.68 Å². The molecule has 0 aromatic carbocycles. The van der Waals surface area contributed by atoms with Gasteiger partial charge in [0.05, 0.1) is 6.04 Å². The quantitative estimate of drug-likeness (QED) is 0.883. The van der Waals surface area contributed by atoms with E-state index in [9.17, 15) is 0 Å². The summed E-state index contributed by atoms with van der Waals surface area (Å²) in [5, 5.41) is 12.1. The standard InChI is InChI=1S/C11H14N4S/c1-2-10(11-13-8-14-15(11)4-1)12-6-9-3-5-16-7-9/h3,5,7-8,10,12H,1-2,4,6H2. The molecule has 2 aromatic rings. The fourth-order valence-electron chi connectivity index (χ4n) is 2.12. The molecule has 1 unspecified atom stereocenters. The van der Waals surface area contributed by atoms with Gasteiger partial charge in [0.25, 0.3) is 0 Å². The van der Waals surface area contributed by atoms with E-state index in [1.165, 1.54) is 12.0 Å². The van der Waals surface area contributed by atoms with Gasteiger partial charge >= 0.3 is 0 Å². The van der Waals surface area contributed by atoms with E-state index >= 15 is 0 Å². The van der Waals surface area contributed by atoms with Crippen molar-refractivity contribution in [2.45, 2.75) is 32.0 Å². The summed E-state index contributed by atoms with van der Waals surface area (Å²) in [5.41, 5.74) is 1.35. The van der Waals surface area contributed by atoms with Crippen molar-refractivity contribution >= 4 is 11.3 Å². The molecule has 0 amide bonds. The Hall–Kier alpha value is -1.20. The summed E-state index contributed by atoms with van der Waals surface area (Å²) < 4.78 is 2.01. The molecule has 16 heavy (non-hydrogen) atoms. The lowest BCUT2D eigenvalue weighted by Crippen LogP contribution is -2.28. The number of aromatic nitrogens is 3. The Balaban J connectivity index is 1.69. The van der Waals surface area contributed by atoms with Crippen LogP contribution in [0.25, 0.3) is 0 Å². The van der Waals surface area contributed by atoms with Crippen molar-refractivity contribution in [3.63, 3.8) is 0 Å². The molecule has 1 atom stereocenters. The largest absolute Gasteiger partial charge is 0.303 e. The molecule has 5 heteroatoms. The first-order valence-electron chi connectivity index (χ1n) is 5.55. The fraction of sp³-hybridized carbons (Fsp3) is 0.455. The topological polar surface area (TPSA) is 42.7 Å². The number of fused-ring (bicyclic) bond motifs is 1. The zero-order chi connectivity index (χ0) is 10.8. The number of hydrogen-bond donors (Lipinski definition) is 1. The van der Waals surface area contributed by atoms with Crippen molar-refractivity contribution in [1.29, 1.82) is 0 Å². The maximum Gasteiger partial charge on any atom is 0.143 e. The summed E-state index contributed by atoms with van der Waals surface area (Å²) in [5.74, 6) is 1.08. The average Bonchev–Trinajstić information content (AvgIpc) is 2.97. The van der Waals surface area contributed by atoms with Crippen LogP contribution < -0.4 is 5.32 Å². The summed E-state index contributed by atoms with van der Waals surface area (Å²) in [6.07, 6.45) is 3.99. The van der Waals surface area contributed by atoms with E-state index in [2.05, 4.69) is 32.2 Å². The van der Waals surface area contributed by atoms with Crippen LogP contribution in [-0.4, -0.2) is 14.8 Å². The average molecular weight is 234 g/mol. The Morgan fingerprint density at radius 2 is 2.56 bits per heavy atom. The maximum absolute atomic E-state index is 4.33. The molecule has 1 aliphatic heterocycles. The van der Waals surface area contributed by atoms with Crippen LogP contribution in [0.15, 0.2) is 23.2 Å². The monoisotopic (exact) mass is 234 g/mol. The van der Waals surface area contributed by atoms with Gasteiger partial charge in [-0.05, 0) is 35.2 Å². The molecule has 3 heterocycles. The molecule has 0 saturated carbocycles. The number of rotatable bonds is 3. The van der Waals surface area contributed by atoms with Crippen molar-refractivity contribution in [1.82, 2.24) is 20.1 Å². The van der Waals surface area contributed by atoms with E-state index in [0.717, 1.165) is 25.3 Å². The van der Waals surface area contributed by atoms with E-state index in [4.69, 9.17) is 0 Å². The summed E-state index contributed by atoms with van der Waals surface area (Å²) >= 11 is 1.74. The van der Waals surface area contributed by atoms with Crippen LogP contribution in [-0.2, 0) is 13.1 Å². The molecule has 0 aliphatic carbocycles. The number of thiophene rings is 1. The Kier molecular flexibility index (Phi) is 2.71. The third kappa shape index (κ3) is 1.88. The van der Waals surface area contributed by atoms with Crippen LogP contribution in [0.5, 0.6) is 0 Å². The lowest BCUT2D eigenvalue weighted by atomic mass is 10.1. The van der Waals surface area contributed by atoms with Gasteiger partial charge in [-0.1, -0.05) is 0 Å². The van der Waals surface area contributed by atoms with Crippen LogP contribution in [0, 0.1) is 0 Å². The van der Waals surface area contributed by atoms with E-state index < -0.39 is 0 Å². The van der Waals surface area contributed by atoms with Gasteiger partial charge in [0.1, 0.15) is 12.2 Å². The van der Waals surface area contributed by atoms with Gasteiger partial charge < -0.3 is 5.32 Å². The summed E-state index contributed by atoms with van der Waals surface area (Å²) in [7, 11) is 0. The van der Waals surface area contributed by atoms with Crippen molar-refractivity contribution in [2.75, 3.05) is 0 Å². The third-order valence-corrected chi connectivity index (χ3v) is 3.68. The van der Waals surface area contributed by atoms with Crippen molar-refractivity contribution in [2.24, 2.45) is 0 Å². The van der Waals surface area contributed by atoms with Crippen LogP contribution >= 0.6 is 11.3 Å². The highest BCUT2D eigenvalue weighted by molar-refractivity contribution is 7.07. The first-order chi connectivity index (χ1) is 7.93. The Bertz CT molecular complexity index is 448. The van der Waals surface area contributed by atoms with Crippen LogP contribution in [0.4, 0.5) is 0 Å². The second kappa shape index (κ2) is 4.35. The molecule has 2 aromatic heterocycles. The van der Waals surface area contributed by atoms with Gasteiger partial charge in [0.2, 0.25) is 0 Å². The molecule has 1 N–H and O–H groups in total. The highest BCUT2D eigenvalue weighted by atomic mass is 32.1. The van der Waals surface area contributed by atoms with E-state index in [-0.39, 0.29) is 0 Å². The summed E-state index contributed by atoms with van der Waals surface area (Å²) in [6, 6.07) is 2.52. The molecule has 3 rings (SSSR count). The van der Waals surface area contributed by atoms with Crippen molar-refractivity contribution < 1.29 is 0 Å². The van der Waals surface area contributed by atoms with E-state index in [0.29, 0.717) is 6.04 Å². The van der Waals surface area contributed by atoms with Crippen molar-refractivity contribution in [3.8, 4) is 0 Å². The molecule has 0 spiro atoms. The number of aryl methyl sites for hydroxylation is 1. The predicted octanol–water partition coefficient (Wildman–Crippen LogP) is 1.96. The molecular weight excluding hydrogens is 220 g/mol. The van der Waals surface area contributed by atoms with Gasteiger partial charge in [-0.2, -0.15) is 16.4 Å². The SMILES string of the molecule is c1nc2n(n1)CCCC2NCc1ccsc1. The van der Waals surface area contributed by atoms with Gasteiger partial charge in [-0.25, -0.2) is 9.67 Å². The zero-order valence-electron chi connectivity index (χ0n) is 8.97. The molecular formula is C11H14N4S. The molecule has 84 valence electrons.